The van der Waals surface area contributed by atoms with Crippen LogP contribution in [0.2, 0.25) is 0 Å². The number of aromatic amines is 1. The number of carboxylic acid groups (broad SMARTS) is 1. The number of ether oxygens (including phenoxy) is 2. The second kappa shape index (κ2) is 2.22. The van der Waals surface area contributed by atoms with Gasteiger partial charge in [0.05, 0.1) is 0 Å². The van der Waals surface area contributed by atoms with Crippen molar-refractivity contribution in [1.82, 2.24) is 9.97 Å². The summed E-state index contributed by atoms with van der Waals surface area (Å²) in [7, 11) is 0. The first-order valence-corrected chi connectivity index (χ1v) is 3.30. The SMILES string of the molecule is O=C(O)C1(Oc2ncc[nH]2)OC1=O. The number of nitrogens with zero attached hydrogens (tertiary/aromatic N) is 1. The highest BCUT2D eigenvalue weighted by atomic mass is 16.8. The first kappa shape index (κ1) is 7.59. The van der Waals surface area contributed by atoms with Gasteiger partial charge in [-0.3, -0.25) is 0 Å². The van der Waals surface area contributed by atoms with Crippen LogP contribution in [0.4, 0.5) is 0 Å². The molecule has 2 heterocycles. The molecule has 13 heavy (non-hydrogen) atoms. The van der Waals surface area contributed by atoms with Gasteiger partial charge in [0.25, 0.3) is 6.01 Å². The topological polar surface area (TPSA) is 105 Å². The summed E-state index contributed by atoms with van der Waals surface area (Å²) in [6, 6.07) is -0.0757. The summed E-state index contributed by atoms with van der Waals surface area (Å²) in [4.78, 5) is 27.2. The molecule has 0 aliphatic carbocycles. The maximum absolute atomic E-state index is 10.6. The monoisotopic (exact) mass is 184 g/mol. The molecular formula is C6H4N2O5. The summed E-state index contributed by atoms with van der Waals surface area (Å²) in [5, 5.41) is 8.56. The van der Waals surface area contributed by atoms with E-state index < -0.39 is 17.7 Å². The Kier molecular flexibility index (Phi) is 1.30. The van der Waals surface area contributed by atoms with Gasteiger partial charge in [0.2, 0.25) is 0 Å². The molecule has 1 unspecified atom stereocenters. The van der Waals surface area contributed by atoms with Gasteiger partial charge < -0.3 is 19.6 Å². The Balaban J connectivity index is 2.18. The van der Waals surface area contributed by atoms with E-state index in [4.69, 9.17) is 5.11 Å². The van der Waals surface area contributed by atoms with Crippen LogP contribution >= 0.6 is 0 Å². The Hall–Kier alpha value is -2.05. The predicted octanol–water partition coefficient (Wildman–Crippen LogP) is -0.874. The van der Waals surface area contributed by atoms with E-state index in [-0.39, 0.29) is 6.01 Å². The number of hydrogen-bond acceptors (Lipinski definition) is 5. The lowest BCUT2D eigenvalue weighted by Crippen LogP contribution is -2.32. The molecule has 0 amide bonds. The molecule has 7 nitrogen and oxygen atoms in total. The minimum absolute atomic E-state index is 0.0757. The van der Waals surface area contributed by atoms with Crippen LogP contribution in [0.3, 0.4) is 0 Å². The number of imidazole rings is 1. The maximum atomic E-state index is 10.6. The standard InChI is InChI=1S/C6H4N2O5/c9-3(10)6(4(11)12-6)13-5-7-1-2-8-5/h1-2H,(H,7,8)(H,9,10). The number of carbonyl (C=O) groups excluding carboxylic acids is 1. The second-order valence-electron chi connectivity index (χ2n) is 2.31. The van der Waals surface area contributed by atoms with Gasteiger partial charge >= 0.3 is 17.7 Å². The lowest BCUT2D eigenvalue weighted by Gasteiger charge is -2.02. The van der Waals surface area contributed by atoms with Gasteiger partial charge in [-0.15, -0.1) is 0 Å². The molecule has 0 saturated carbocycles. The van der Waals surface area contributed by atoms with Gasteiger partial charge in [-0.1, -0.05) is 0 Å². The number of hydrogen-bond donors (Lipinski definition) is 2. The summed E-state index contributed by atoms with van der Waals surface area (Å²) in [6.07, 6.45) is 2.79. The molecule has 1 aliphatic heterocycles. The molecule has 1 fully saturated rings. The number of cyclic esters (lactones) is 1. The molecule has 2 N–H and O–H groups in total. The summed E-state index contributed by atoms with van der Waals surface area (Å²) in [6.45, 7) is 0. The zero-order valence-electron chi connectivity index (χ0n) is 6.18. The quantitative estimate of drug-likeness (QED) is 0.467. The van der Waals surface area contributed by atoms with Crippen molar-refractivity contribution in [3.63, 3.8) is 0 Å². The number of aliphatic carboxylic acids is 1. The second-order valence-corrected chi connectivity index (χ2v) is 2.31. The van der Waals surface area contributed by atoms with E-state index in [1.807, 2.05) is 0 Å². The molecule has 0 aromatic carbocycles. The van der Waals surface area contributed by atoms with Crippen LogP contribution in [0, 0.1) is 0 Å². The van der Waals surface area contributed by atoms with Crippen LogP contribution in [0.25, 0.3) is 0 Å². The van der Waals surface area contributed by atoms with E-state index in [2.05, 4.69) is 19.4 Å². The fraction of sp³-hybridized carbons (Fsp3) is 0.167. The van der Waals surface area contributed by atoms with E-state index in [1.54, 1.807) is 0 Å². The predicted molar refractivity (Wildman–Crippen MR) is 35.7 cm³/mol. The van der Waals surface area contributed by atoms with Crippen LogP contribution in [-0.4, -0.2) is 32.8 Å². The van der Waals surface area contributed by atoms with Gasteiger partial charge in [-0.25, -0.2) is 14.6 Å². The molecule has 2 rings (SSSR count). The van der Waals surface area contributed by atoms with Gasteiger partial charge in [0.15, 0.2) is 0 Å². The Morgan fingerprint density at radius 2 is 2.46 bits per heavy atom. The van der Waals surface area contributed by atoms with E-state index in [1.165, 1.54) is 12.4 Å². The van der Waals surface area contributed by atoms with Crippen LogP contribution in [0.1, 0.15) is 0 Å². The number of epoxide rings is 1. The van der Waals surface area contributed by atoms with Crippen LogP contribution in [0.5, 0.6) is 6.01 Å². The van der Waals surface area contributed by atoms with E-state index >= 15 is 0 Å². The van der Waals surface area contributed by atoms with Crippen LogP contribution < -0.4 is 4.74 Å². The smallest absolute Gasteiger partial charge is 0.457 e. The fourth-order valence-corrected chi connectivity index (χ4v) is 0.785. The van der Waals surface area contributed by atoms with Crippen molar-refractivity contribution in [3.8, 4) is 6.01 Å². The van der Waals surface area contributed by atoms with Gasteiger partial charge in [-0.05, 0) is 0 Å². The van der Waals surface area contributed by atoms with Crippen molar-refractivity contribution in [2.24, 2.45) is 0 Å². The van der Waals surface area contributed by atoms with Crippen molar-refractivity contribution < 1.29 is 24.2 Å². The van der Waals surface area contributed by atoms with Crippen LogP contribution in [-0.2, 0) is 14.3 Å². The highest BCUT2D eigenvalue weighted by Crippen LogP contribution is 2.31. The molecule has 68 valence electrons. The number of nitrogens with one attached hydrogen (secondary N) is 1. The molecule has 1 saturated heterocycles. The Morgan fingerprint density at radius 3 is 2.85 bits per heavy atom. The molecule has 0 radical (unpaired) electrons. The van der Waals surface area contributed by atoms with Crippen molar-refractivity contribution in [1.29, 1.82) is 0 Å². The van der Waals surface area contributed by atoms with E-state index in [0.29, 0.717) is 0 Å². The molecule has 0 bridgehead atoms. The first-order valence-electron chi connectivity index (χ1n) is 3.30. The molecule has 7 heteroatoms. The first-order chi connectivity index (χ1) is 6.15. The minimum atomic E-state index is -2.18. The number of aromatic nitrogens is 2. The molecule has 1 aromatic heterocycles. The van der Waals surface area contributed by atoms with Crippen LogP contribution in [0.15, 0.2) is 12.4 Å². The normalized spacial score (nSPS) is 25.1. The van der Waals surface area contributed by atoms with Gasteiger partial charge in [0, 0.05) is 12.4 Å². The average Bonchev–Trinajstić information content (AvgIpc) is 2.53. The van der Waals surface area contributed by atoms with Crippen molar-refractivity contribution in [2.75, 3.05) is 0 Å². The van der Waals surface area contributed by atoms with E-state index in [9.17, 15) is 9.59 Å². The lowest BCUT2D eigenvalue weighted by atomic mass is 10.4. The zero-order valence-corrected chi connectivity index (χ0v) is 6.18. The Bertz CT molecular complexity index is 359. The largest absolute Gasteiger partial charge is 0.475 e. The summed E-state index contributed by atoms with van der Waals surface area (Å²) < 4.78 is 8.91. The van der Waals surface area contributed by atoms with Crippen molar-refractivity contribution in [3.05, 3.63) is 12.4 Å². The molecule has 1 aromatic rings. The molecular weight excluding hydrogens is 180 g/mol. The highest BCUT2D eigenvalue weighted by molar-refractivity contribution is 6.11. The van der Waals surface area contributed by atoms with Crippen molar-refractivity contribution in [2.45, 2.75) is 5.79 Å². The maximum Gasteiger partial charge on any atom is 0.457 e. The molecule has 1 aliphatic rings. The Morgan fingerprint density at radius 1 is 1.77 bits per heavy atom. The third-order valence-electron chi connectivity index (χ3n) is 1.46. The minimum Gasteiger partial charge on any atom is -0.475 e. The fourth-order valence-electron chi connectivity index (χ4n) is 0.785. The highest BCUT2D eigenvalue weighted by Gasteiger charge is 2.70. The number of rotatable bonds is 3. The number of carbonyl (C=O) groups is 2. The van der Waals surface area contributed by atoms with Crippen molar-refractivity contribution >= 4 is 11.9 Å². The average molecular weight is 184 g/mol. The Labute approximate surface area is 71.3 Å². The summed E-state index contributed by atoms with van der Waals surface area (Å²) in [5.41, 5.74) is 0. The number of carboxylic acids is 1. The van der Waals surface area contributed by atoms with Gasteiger partial charge in [0.1, 0.15) is 0 Å². The van der Waals surface area contributed by atoms with Gasteiger partial charge in [-0.2, -0.15) is 0 Å². The third-order valence-corrected chi connectivity index (χ3v) is 1.46. The molecule has 0 spiro atoms. The lowest BCUT2D eigenvalue weighted by molar-refractivity contribution is -0.155. The summed E-state index contributed by atoms with van der Waals surface area (Å²) in [5.74, 6) is -4.61. The molecule has 1 atom stereocenters. The zero-order chi connectivity index (χ0) is 9.47. The third kappa shape index (κ3) is 1.01. The number of H-pyrrole nitrogens is 1. The summed E-state index contributed by atoms with van der Waals surface area (Å²) >= 11 is 0. The van der Waals surface area contributed by atoms with E-state index in [0.717, 1.165) is 0 Å².